The van der Waals surface area contributed by atoms with Crippen molar-refractivity contribution in [3.63, 3.8) is 0 Å². The van der Waals surface area contributed by atoms with Crippen LogP contribution in [0.4, 0.5) is 0 Å². The van der Waals surface area contributed by atoms with E-state index in [4.69, 9.17) is 11.6 Å². The molecule has 0 bridgehead atoms. The van der Waals surface area contributed by atoms with Crippen LogP contribution in [-0.2, 0) is 13.0 Å². The highest BCUT2D eigenvalue weighted by atomic mass is 35.5. The maximum atomic E-state index is 6.18. The maximum Gasteiger partial charge on any atom is 0.0817 e. The average Bonchev–Trinajstić information content (AvgIpc) is 2.62. The van der Waals surface area contributed by atoms with Gasteiger partial charge in [-0.3, -0.25) is 4.68 Å². The fourth-order valence-electron chi connectivity index (χ4n) is 2.14. The first kappa shape index (κ1) is 14.5. The minimum atomic E-state index is 0.538. The van der Waals surface area contributed by atoms with Crippen molar-refractivity contribution in [2.45, 2.75) is 52.6 Å². The smallest absolute Gasteiger partial charge is 0.0817 e. The molecule has 0 aliphatic heterocycles. The Balaban J connectivity index is 2.64. The van der Waals surface area contributed by atoms with Gasteiger partial charge in [-0.25, -0.2) is 0 Å². The zero-order valence-corrected chi connectivity index (χ0v) is 12.1. The summed E-state index contributed by atoms with van der Waals surface area (Å²) in [6, 6.07) is 0.538. The second kappa shape index (κ2) is 7.02. The van der Waals surface area contributed by atoms with E-state index in [-0.39, 0.29) is 0 Å². The molecule has 1 rings (SSSR count). The molecule has 0 saturated heterocycles. The van der Waals surface area contributed by atoms with Crippen molar-refractivity contribution in [2.24, 2.45) is 5.92 Å². The third kappa shape index (κ3) is 4.00. The van der Waals surface area contributed by atoms with Crippen LogP contribution in [0.15, 0.2) is 6.20 Å². The van der Waals surface area contributed by atoms with Gasteiger partial charge in [0.25, 0.3) is 0 Å². The average molecular weight is 258 g/mol. The van der Waals surface area contributed by atoms with Crippen molar-refractivity contribution in [3.05, 3.63) is 16.9 Å². The van der Waals surface area contributed by atoms with E-state index in [0.29, 0.717) is 12.0 Å². The fraction of sp³-hybridized carbons (Fsp3) is 0.769. The summed E-state index contributed by atoms with van der Waals surface area (Å²) in [4.78, 5) is 0. The molecule has 1 unspecified atom stereocenters. The van der Waals surface area contributed by atoms with Crippen LogP contribution in [0.25, 0.3) is 0 Å². The number of aromatic nitrogens is 2. The monoisotopic (exact) mass is 257 g/mol. The van der Waals surface area contributed by atoms with Crippen molar-refractivity contribution in [1.29, 1.82) is 0 Å². The lowest BCUT2D eigenvalue weighted by molar-refractivity contribution is 0.397. The molecule has 98 valence electrons. The van der Waals surface area contributed by atoms with Crippen LogP contribution in [-0.4, -0.2) is 22.9 Å². The number of hydrogen-bond acceptors (Lipinski definition) is 2. The van der Waals surface area contributed by atoms with Gasteiger partial charge in [-0.1, -0.05) is 32.4 Å². The van der Waals surface area contributed by atoms with Crippen molar-refractivity contribution < 1.29 is 0 Å². The molecule has 0 aliphatic rings. The van der Waals surface area contributed by atoms with Gasteiger partial charge in [-0.15, -0.1) is 0 Å². The summed E-state index contributed by atoms with van der Waals surface area (Å²) in [5.41, 5.74) is 1.18. The highest BCUT2D eigenvalue weighted by molar-refractivity contribution is 6.31. The van der Waals surface area contributed by atoms with Crippen LogP contribution < -0.4 is 5.32 Å². The van der Waals surface area contributed by atoms with Gasteiger partial charge in [-0.2, -0.15) is 5.10 Å². The zero-order chi connectivity index (χ0) is 12.8. The van der Waals surface area contributed by atoms with E-state index in [0.717, 1.165) is 30.8 Å². The van der Waals surface area contributed by atoms with Crippen LogP contribution >= 0.6 is 11.6 Å². The molecule has 1 heterocycles. The van der Waals surface area contributed by atoms with E-state index < -0.39 is 0 Å². The van der Waals surface area contributed by atoms with Crippen LogP contribution in [0, 0.1) is 5.92 Å². The minimum Gasteiger partial charge on any atom is -0.317 e. The Morgan fingerprint density at radius 3 is 2.71 bits per heavy atom. The summed E-state index contributed by atoms with van der Waals surface area (Å²) in [7, 11) is 2.02. The van der Waals surface area contributed by atoms with Crippen LogP contribution in [0.2, 0.25) is 5.02 Å². The molecule has 3 nitrogen and oxygen atoms in total. The number of rotatable bonds is 7. The predicted molar refractivity (Wildman–Crippen MR) is 73.5 cm³/mol. The summed E-state index contributed by atoms with van der Waals surface area (Å²) in [6.07, 6.45) is 4.94. The summed E-state index contributed by atoms with van der Waals surface area (Å²) < 4.78 is 2.04. The molecule has 0 fully saturated rings. The Hall–Kier alpha value is -0.540. The largest absolute Gasteiger partial charge is 0.317 e. The Labute approximate surface area is 110 Å². The van der Waals surface area contributed by atoms with Crippen LogP contribution in [0.5, 0.6) is 0 Å². The minimum absolute atomic E-state index is 0.538. The number of nitrogens with one attached hydrogen (secondary N) is 1. The van der Waals surface area contributed by atoms with Gasteiger partial charge in [0.1, 0.15) is 0 Å². The fourth-order valence-corrected chi connectivity index (χ4v) is 2.38. The molecule has 0 aromatic carbocycles. The summed E-state index contributed by atoms with van der Waals surface area (Å²) >= 11 is 6.18. The molecule has 1 aromatic rings. The van der Waals surface area contributed by atoms with E-state index in [1.165, 1.54) is 5.69 Å². The topological polar surface area (TPSA) is 29.9 Å². The molecule has 17 heavy (non-hydrogen) atoms. The van der Waals surface area contributed by atoms with Gasteiger partial charge in [0.15, 0.2) is 0 Å². The van der Waals surface area contributed by atoms with Crippen molar-refractivity contribution in [1.82, 2.24) is 15.1 Å². The quantitative estimate of drug-likeness (QED) is 0.813. The molecule has 0 spiro atoms. The Kier molecular flexibility index (Phi) is 6.00. The molecule has 1 aromatic heterocycles. The molecule has 0 radical (unpaired) electrons. The second-order valence-corrected chi connectivity index (χ2v) is 5.25. The molecule has 0 aliphatic carbocycles. The van der Waals surface area contributed by atoms with Crippen molar-refractivity contribution in [3.8, 4) is 0 Å². The molecule has 0 amide bonds. The van der Waals surface area contributed by atoms with Crippen molar-refractivity contribution >= 4 is 11.6 Å². The van der Waals surface area contributed by atoms with Crippen LogP contribution in [0.1, 0.15) is 39.3 Å². The molecule has 1 atom stereocenters. The van der Waals surface area contributed by atoms with Gasteiger partial charge in [0.05, 0.1) is 16.9 Å². The normalized spacial score (nSPS) is 13.3. The summed E-state index contributed by atoms with van der Waals surface area (Å²) in [5, 5.41) is 8.48. The molecular weight excluding hydrogens is 234 g/mol. The van der Waals surface area contributed by atoms with Gasteiger partial charge in [-0.05, 0) is 32.2 Å². The van der Waals surface area contributed by atoms with Gasteiger partial charge in [0, 0.05) is 12.6 Å². The van der Waals surface area contributed by atoms with Crippen molar-refractivity contribution in [2.75, 3.05) is 7.05 Å². The molecule has 1 N–H and O–H groups in total. The van der Waals surface area contributed by atoms with E-state index >= 15 is 0 Å². The van der Waals surface area contributed by atoms with E-state index in [9.17, 15) is 0 Å². The first-order valence-electron chi connectivity index (χ1n) is 6.47. The third-order valence-electron chi connectivity index (χ3n) is 3.20. The van der Waals surface area contributed by atoms with Gasteiger partial charge in [0.2, 0.25) is 0 Å². The molecular formula is C13H24ClN3. The number of halogens is 1. The lowest BCUT2D eigenvalue weighted by Crippen LogP contribution is -2.31. The second-order valence-electron chi connectivity index (χ2n) is 4.84. The van der Waals surface area contributed by atoms with E-state index in [1.54, 1.807) is 6.20 Å². The lowest BCUT2D eigenvalue weighted by Gasteiger charge is -2.20. The van der Waals surface area contributed by atoms with E-state index in [2.05, 4.69) is 31.2 Å². The standard InChI is InChI=1S/C13H24ClN3/c1-5-8-17-13(11(14)9-16-17)7-6-12(15-4)10(2)3/h9-10,12,15H,5-8H2,1-4H3. The first-order chi connectivity index (χ1) is 8.10. The molecule has 4 heteroatoms. The SMILES string of the molecule is CCCn1ncc(Cl)c1CCC(NC)C(C)C. The Bertz CT molecular complexity index is 333. The van der Waals surface area contributed by atoms with E-state index in [1.807, 2.05) is 11.7 Å². The lowest BCUT2D eigenvalue weighted by atomic mass is 9.98. The van der Waals surface area contributed by atoms with Gasteiger partial charge >= 0.3 is 0 Å². The number of hydrogen-bond donors (Lipinski definition) is 1. The molecule has 0 saturated carbocycles. The number of nitrogens with zero attached hydrogens (tertiary/aromatic N) is 2. The van der Waals surface area contributed by atoms with Gasteiger partial charge < -0.3 is 5.32 Å². The maximum absolute atomic E-state index is 6.18. The third-order valence-corrected chi connectivity index (χ3v) is 3.52. The predicted octanol–water partition coefficient (Wildman–Crippen LogP) is 3.12. The first-order valence-corrected chi connectivity index (χ1v) is 6.85. The Morgan fingerprint density at radius 2 is 2.18 bits per heavy atom. The highest BCUT2D eigenvalue weighted by Crippen LogP contribution is 2.19. The van der Waals surface area contributed by atoms with Crippen LogP contribution in [0.3, 0.4) is 0 Å². The zero-order valence-electron chi connectivity index (χ0n) is 11.3. The summed E-state index contributed by atoms with van der Waals surface area (Å²) in [6.45, 7) is 7.59. The highest BCUT2D eigenvalue weighted by Gasteiger charge is 2.14. The summed E-state index contributed by atoms with van der Waals surface area (Å²) in [5.74, 6) is 0.640. The number of aryl methyl sites for hydroxylation is 1. The Morgan fingerprint density at radius 1 is 1.47 bits per heavy atom.